The first-order chi connectivity index (χ1) is 15.4. The van der Waals surface area contributed by atoms with Crippen LogP contribution in [0.25, 0.3) is 22.0 Å². The van der Waals surface area contributed by atoms with Crippen LogP contribution in [0.2, 0.25) is 0 Å². The molecule has 0 spiro atoms. The van der Waals surface area contributed by atoms with Crippen LogP contribution in [0, 0.1) is 11.6 Å². The van der Waals surface area contributed by atoms with Crippen LogP contribution in [0.3, 0.4) is 0 Å². The molecule has 0 aliphatic carbocycles. The number of benzene rings is 3. The van der Waals surface area contributed by atoms with Crippen molar-refractivity contribution in [2.75, 3.05) is 0 Å². The van der Waals surface area contributed by atoms with Gasteiger partial charge in [-0.05, 0) is 42.3 Å². The lowest BCUT2D eigenvalue weighted by Gasteiger charge is -2.14. The van der Waals surface area contributed by atoms with Gasteiger partial charge in [-0.25, -0.2) is 13.5 Å². The van der Waals surface area contributed by atoms with E-state index < -0.39 is 22.9 Å². The number of hydrogen-bond acceptors (Lipinski definition) is 5. The van der Waals surface area contributed by atoms with E-state index in [-0.39, 0.29) is 29.0 Å². The molecule has 32 heavy (non-hydrogen) atoms. The molecule has 1 unspecified atom stereocenters. The van der Waals surface area contributed by atoms with E-state index >= 15 is 0 Å². The van der Waals surface area contributed by atoms with Crippen LogP contribution < -0.4 is 5.56 Å². The highest BCUT2D eigenvalue weighted by Crippen LogP contribution is 2.32. The summed E-state index contributed by atoms with van der Waals surface area (Å²) in [6.45, 7) is 0.00949. The number of carboxylic acids is 1. The summed E-state index contributed by atoms with van der Waals surface area (Å²) >= 11 is 0.828. The second kappa shape index (κ2) is 9.27. The minimum atomic E-state index is -1.14. The smallest absolute Gasteiger partial charge is 0.317 e. The second-order valence-corrected chi connectivity index (χ2v) is 8.24. The van der Waals surface area contributed by atoms with Crippen molar-refractivity contribution < 1.29 is 18.7 Å². The first kappa shape index (κ1) is 21.6. The second-order valence-electron chi connectivity index (χ2n) is 6.99. The zero-order chi connectivity index (χ0) is 22.7. The van der Waals surface area contributed by atoms with Gasteiger partial charge in [0.2, 0.25) is 0 Å². The Morgan fingerprint density at radius 1 is 1.03 bits per heavy atom. The van der Waals surface area contributed by atoms with E-state index in [4.69, 9.17) is 0 Å². The molecule has 1 heterocycles. The normalized spacial score (nSPS) is 12.1. The molecule has 0 radical (unpaired) electrons. The summed E-state index contributed by atoms with van der Waals surface area (Å²) in [7, 11) is 0. The molecule has 0 bridgehead atoms. The highest BCUT2D eigenvalue weighted by molar-refractivity contribution is 8.00. The van der Waals surface area contributed by atoms with E-state index in [0.717, 1.165) is 16.4 Å². The molecule has 9 heteroatoms. The third kappa shape index (κ3) is 4.52. The van der Waals surface area contributed by atoms with Crippen molar-refractivity contribution in [1.82, 2.24) is 15.0 Å². The van der Waals surface area contributed by atoms with Gasteiger partial charge >= 0.3 is 5.97 Å². The molecule has 0 aliphatic rings. The summed E-state index contributed by atoms with van der Waals surface area (Å²) in [5.41, 5.74) is 0.696. The van der Waals surface area contributed by atoms with Gasteiger partial charge in [0.15, 0.2) is 0 Å². The number of aliphatic carboxylic acids is 1. The predicted octanol–water partition coefficient (Wildman–Crippen LogP) is 4.37. The molecule has 0 fully saturated rings. The number of thioether (sulfide) groups is 1. The van der Waals surface area contributed by atoms with E-state index in [1.165, 1.54) is 18.2 Å². The van der Waals surface area contributed by atoms with Crippen molar-refractivity contribution in [1.29, 1.82) is 0 Å². The van der Waals surface area contributed by atoms with Gasteiger partial charge in [-0.2, -0.15) is 0 Å². The van der Waals surface area contributed by atoms with Gasteiger partial charge < -0.3 is 5.11 Å². The fourth-order valence-corrected chi connectivity index (χ4v) is 4.20. The van der Waals surface area contributed by atoms with Gasteiger partial charge in [0.1, 0.15) is 22.4 Å². The maximum atomic E-state index is 14.7. The third-order valence-corrected chi connectivity index (χ3v) is 6.20. The van der Waals surface area contributed by atoms with E-state index in [0.29, 0.717) is 16.5 Å². The molecule has 162 valence electrons. The Kier molecular flexibility index (Phi) is 6.27. The molecule has 1 atom stereocenters. The number of carboxylic acid groups (broad SMARTS) is 1. The minimum absolute atomic E-state index is 0.00949. The minimum Gasteiger partial charge on any atom is -0.480 e. The molecule has 1 N–H and O–H groups in total. The monoisotopic (exact) mass is 453 g/mol. The number of aromatic nitrogens is 3. The Bertz CT molecular complexity index is 1360. The van der Waals surface area contributed by atoms with Crippen LogP contribution in [0.5, 0.6) is 0 Å². The maximum absolute atomic E-state index is 14.7. The summed E-state index contributed by atoms with van der Waals surface area (Å²) in [5, 5.41) is 16.8. The number of aryl methyl sites for hydroxylation is 1. The van der Waals surface area contributed by atoms with Crippen LogP contribution in [-0.4, -0.2) is 31.3 Å². The van der Waals surface area contributed by atoms with E-state index in [1.54, 1.807) is 48.5 Å². The van der Waals surface area contributed by atoms with Crippen molar-refractivity contribution in [2.45, 2.75) is 23.1 Å². The largest absolute Gasteiger partial charge is 0.480 e. The molecule has 4 rings (SSSR count). The fraction of sp³-hybridized carbons (Fsp3) is 0.130. The molecule has 1 aromatic heterocycles. The average molecular weight is 453 g/mol. The molecule has 0 aliphatic heterocycles. The van der Waals surface area contributed by atoms with Gasteiger partial charge in [0.05, 0.1) is 5.39 Å². The number of nitrogens with zero attached hydrogens (tertiary/aromatic N) is 3. The number of carbonyl (C=O) groups is 1. The standard InChI is InChI=1S/C23H17F2N3O3S/c24-17-7-3-1-5-15(17)14-9-10-20(18(25)13-14)32-21(23(30)31)11-12-28-22(29)16-6-2-4-8-19(16)26-27-28/h1-10,13,21H,11-12H2,(H,30,31). The number of halogens is 2. The number of fused-ring (bicyclic) bond motifs is 1. The summed E-state index contributed by atoms with van der Waals surface area (Å²) in [4.78, 5) is 24.4. The molecular formula is C23H17F2N3O3S. The molecule has 4 aromatic rings. The van der Waals surface area contributed by atoms with Crippen LogP contribution in [-0.2, 0) is 11.3 Å². The highest BCUT2D eigenvalue weighted by atomic mass is 32.2. The Labute approximate surface area is 185 Å². The summed E-state index contributed by atoms with van der Waals surface area (Å²) in [6, 6.07) is 16.9. The van der Waals surface area contributed by atoms with E-state index in [9.17, 15) is 23.5 Å². The summed E-state index contributed by atoms with van der Waals surface area (Å²) in [5.74, 6) is -2.27. The SMILES string of the molecule is O=C(O)C(CCn1nnc2ccccc2c1=O)Sc1ccc(-c2ccccc2F)cc1F. The lowest BCUT2D eigenvalue weighted by Crippen LogP contribution is -2.27. The molecule has 0 saturated carbocycles. The van der Waals surface area contributed by atoms with Gasteiger partial charge in [-0.3, -0.25) is 9.59 Å². The zero-order valence-electron chi connectivity index (χ0n) is 16.6. The van der Waals surface area contributed by atoms with Gasteiger partial charge in [0, 0.05) is 17.0 Å². The van der Waals surface area contributed by atoms with Crippen molar-refractivity contribution in [3.05, 3.63) is 88.7 Å². The van der Waals surface area contributed by atoms with Gasteiger partial charge in [0.25, 0.3) is 5.56 Å². The summed E-state index contributed by atoms with van der Waals surface area (Å²) < 4.78 is 29.8. The van der Waals surface area contributed by atoms with Crippen LogP contribution in [0.15, 0.2) is 76.4 Å². The number of rotatable bonds is 7. The Morgan fingerprint density at radius 2 is 1.78 bits per heavy atom. The molecule has 6 nitrogen and oxygen atoms in total. The van der Waals surface area contributed by atoms with Crippen LogP contribution >= 0.6 is 11.8 Å². The van der Waals surface area contributed by atoms with Crippen molar-refractivity contribution in [2.24, 2.45) is 0 Å². The highest BCUT2D eigenvalue weighted by Gasteiger charge is 2.22. The molecule has 0 amide bonds. The zero-order valence-corrected chi connectivity index (χ0v) is 17.4. The molecule has 3 aromatic carbocycles. The third-order valence-electron chi connectivity index (χ3n) is 4.89. The van der Waals surface area contributed by atoms with Crippen LogP contribution in [0.1, 0.15) is 6.42 Å². The Balaban J connectivity index is 1.52. The van der Waals surface area contributed by atoms with E-state index in [1.807, 2.05) is 0 Å². The number of hydrogen-bond donors (Lipinski definition) is 1. The van der Waals surface area contributed by atoms with E-state index in [2.05, 4.69) is 10.3 Å². The first-order valence-electron chi connectivity index (χ1n) is 9.70. The lowest BCUT2D eigenvalue weighted by atomic mass is 10.1. The van der Waals surface area contributed by atoms with Crippen LogP contribution in [0.4, 0.5) is 8.78 Å². The fourth-order valence-electron chi connectivity index (χ4n) is 3.25. The topological polar surface area (TPSA) is 85.1 Å². The molecule has 0 saturated heterocycles. The molecular weight excluding hydrogens is 436 g/mol. The lowest BCUT2D eigenvalue weighted by molar-refractivity contribution is -0.136. The summed E-state index contributed by atoms with van der Waals surface area (Å²) in [6.07, 6.45) is 0.0292. The van der Waals surface area contributed by atoms with Crippen molar-refractivity contribution in [3.8, 4) is 11.1 Å². The average Bonchev–Trinajstić information content (AvgIpc) is 2.79. The first-order valence-corrected chi connectivity index (χ1v) is 10.6. The van der Waals surface area contributed by atoms with Gasteiger partial charge in [-0.1, -0.05) is 41.6 Å². The predicted molar refractivity (Wildman–Crippen MR) is 117 cm³/mol. The Hall–Kier alpha value is -3.59. The Morgan fingerprint density at radius 3 is 2.53 bits per heavy atom. The maximum Gasteiger partial charge on any atom is 0.317 e. The van der Waals surface area contributed by atoms with Crippen molar-refractivity contribution in [3.63, 3.8) is 0 Å². The van der Waals surface area contributed by atoms with Gasteiger partial charge in [-0.15, -0.1) is 16.9 Å². The quantitative estimate of drug-likeness (QED) is 0.418. The van der Waals surface area contributed by atoms with Crippen molar-refractivity contribution >= 4 is 28.6 Å².